The van der Waals surface area contributed by atoms with Gasteiger partial charge in [-0.15, -0.1) is 0 Å². The maximum atomic E-state index is 12.6. The van der Waals surface area contributed by atoms with E-state index in [0.717, 1.165) is 0 Å². The molecule has 0 aliphatic carbocycles. The molecule has 0 bridgehead atoms. The molecule has 1 fully saturated rings. The SMILES string of the molecule is CNC(=O)COc1ccc(C(=O)N2CCC[C@H]2C(=O)O)cc1OC. The molecular formula is C16H20N2O6. The molecule has 1 heterocycles. The van der Waals surface area contributed by atoms with Crippen molar-refractivity contribution in [2.45, 2.75) is 18.9 Å². The molecule has 2 amide bonds. The van der Waals surface area contributed by atoms with Crippen molar-refractivity contribution < 1.29 is 29.0 Å². The van der Waals surface area contributed by atoms with Crippen LogP contribution in [0.5, 0.6) is 11.5 Å². The Bertz CT molecular complexity index is 645. The molecule has 0 saturated carbocycles. The second kappa shape index (κ2) is 7.67. The lowest BCUT2D eigenvalue weighted by Gasteiger charge is -2.22. The molecular weight excluding hydrogens is 316 g/mol. The van der Waals surface area contributed by atoms with E-state index in [2.05, 4.69) is 5.32 Å². The summed E-state index contributed by atoms with van der Waals surface area (Å²) in [5, 5.41) is 11.6. The number of hydrogen-bond donors (Lipinski definition) is 2. The van der Waals surface area contributed by atoms with Gasteiger partial charge in [-0.2, -0.15) is 0 Å². The number of likely N-dealkylation sites (N-methyl/N-ethyl adjacent to an activating group) is 1. The summed E-state index contributed by atoms with van der Waals surface area (Å²) in [4.78, 5) is 36.4. The Hall–Kier alpha value is -2.77. The van der Waals surface area contributed by atoms with Crippen molar-refractivity contribution in [1.82, 2.24) is 10.2 Å². The quantitative estimate of drug-likeness (QED) is 0.784. The smallest absolute Gasteiger partial charge is 0.326 e. The number of hydrogen-bond acceptors (Lipinski definition) is 5. The molecule has 0 unspecified atom stereocenters. The molecule has 8 nitrogen and oxygen atoms in total. The van der Waals surface area contributed by atoms with Crippen molar-refractivity contribution >= 4 is 17.8 Å². The highest BCUT2D eigenvalue weighted by molar-refractivity contribution is 5.97. The maximum Gasteiger partial charge on any atom is 0.326 e. The van der Waals surface area contributed by atoms with Gasteiger partial charge in [-0.3, -0.25) is 9.59 Å². The first-order valence-electron chi connectivity index (χ1n) is 7.53. The number of rotatable bonds is 6. The van der Waals surface area contributed by atoms with Crippen LogP contribution in [0.1, 0.15) is 23.2 Å². The second-order valence-corrected chi connectivity index (χ2v) is 5.32. The number of amides is 2. The maximum absolute atomic E-state index is 12.6. The number of likely N-dealkylation sites (tertiary alicyclic amines) is 1. The topological polar surface area (TPSA) is 105 Å². The van der Waals surface area contributed by atoms with Crippen molar-refractivity contribution in [3.05, 3.63) is 23.8 Å². The van der Waals surface area contributed by atoms with Gasteiger partial charge in [0.25, 0.3) is 11.8 Å². The fourth-order valence-corrected chi connectivity index (χ4v) is 2.57. The molecule has 1 aromatic rings. The number of carbonyl (C=O) groups is 3. The Labute approximate surface area is 139 Å². The van der Waals surface area contributed by atoms with Gasteiger partial charge in [0.15, 0.2) is 18.1 Å². The van der Waals surface area contributed by atoms with Gasteiger partial charge >= 0.3 is 5.97 Å². The number of nitrogens with zero attached hydrogens (tertiary/aromatic N) is 1. The molecule has 2 rings (SSSR count). The molecule has 1 aliphatic rings. The summed E-state index contributed by atoms with van der Waals surface area (Å²) in [5.74, 6) is -1.03. The van der Waals surface area contributed by atoms with Gasteiger partial charge in [-0.1, -0.05) is 0 Å². The van der Waals surface area contributed by atoms with Crippen molar-refractivity contribution in [1.29, 1.82) is 0 Å². The Morgan fingerprint density at radius 1 is 1.33 bits per heavy atom. The van der Waals surface area contributed by atoms with Crippen molar-refractivity contribution in [3.63, 3.8) is 0 Å². The van der Waals surface area contributed by atoms with E-state index in [1.54, 1.807) is 0 Å². The highest BCUT2D eigenvalue weighted by Gasteiger charge is 2.34. The lowest BCUT2D eigenvalue weighted by molar-refractivity contribution is -0.141. The minimum Gasteiger partial charge on any atom is -0.493 e. The summed E-state index contributed by atoms with van der Waals surface area (Å²) < 4.78 is 10.5. The zero-order valence-electron chi connectivity index (χ0n) is 13.6. The van der Waals surface area contributed by atoms with E-state index in [1.165, 1.54) is 37.3 Å². The minimum atomic E-state index is -1.00. The first kappa shape index (κ1) is 17.6. The zero-order valence-corrected chi connectivity index (χ0v) is 13.6. The molecule has 0 spiro atoms. The number of nitrogens with one attached hydrogen (secondary N) is 1. The fourth-order valence-electron chi connectivity index (χ4n) is 2.57. The summed E-state index contributed by atoms with van der Waals surface area (Å²) in [6.07, 6.45) is 1.11. The lowest BCUT2D eigenvalue weighted by Crippen LogP contribution is -2.40. The van der Waals surface area contributed by atoms with Crippen LogP contribution in [0.25, 0.3) is 0 Å². The van der Waals surface area contributed by atoms with Gasteiger partial charge in [0.05, 0.1) is 7.11 Å². The molecule has 8 heteroatoms. The van der Waals surface area contributed by atoms with E-state index >= 15 is 0 Å². The first-order valence-corrected chi connectivity index (χ1v) is 7.53. The van der Waals surface area contributed by atoms with Crippen molar-refractivity contribution in [2.75, 3.05) is 27.3 Å². The number of carbonyl (C=O) groups excluding carboxylic acids is 2. The fraction of sp³-hybridized carbons (Fsp3) is 0.438. The predicted molar refractivity (Wildman–Crippen MR) is 84.3 cm³/mol. The molecule has 24 heavy (non-hydrogen) atoms. The molecule has 2 N–H and O–H groups in total. The average Bonchev–Trinajstić information content (AvgIpc) is 3.08. The number of carboxylic acid groups (broad SMARTS) is 1. The third-order valence-electron chi connectivity index (χ3n) is 3.85. The van der Waals surface area contributed by atoms with Crippen LogP contribution in [0.15, 0.2) is 18.2 Å². The summed E-state index contributed by atoms with van der Waals surface area (Å²) in [6, 6.07) is 3.74. The summed E-state index contributed by atoms with van der Waals surface area (Å²) >= 11 is 0. The van der Waals surface area contributed by atoms with E-state index in [9.17, 15) is 19.5 Å². The molecule has 1 aliphatic heterocycles. The third-order valence-corrected chi connectivity index (χ3v) is 3.85. The minimum absolute atomic E-state index is 0.173. The summed E-state index contributed by atoms with van der Waals surface area (Å²) in [5.41, 5.74) is 0.312. The average molecular weight is 336 g/mol. The summed E-state index contributed by atoms with van der Waals surface area (Å²) in [7, 11) is 2.92. The van der Waals surface area contributed by atoms with Gasteiger partial charge < -0.3 is 24.8 Å². The molecule has 1 aromatic carbocycles. The Balaban J connectivity index is 2.17. The lowest BCUT2D eigenvalue weighted by atomic mass is 10.1. The van der Waals surface area contributed by atoms with E-state index < -0.39 is 12.0 Å². The van der Waals surface area contributed by atoms with Crippen LogP contribution in [-0.4, -0.2) is 61.1 Å². The number of ether oxygens (including phenoxy) is 2. The van der Waals surface area contributed by atoms with Gasteiger partial charge in [0.2, 0.25) is 0 Å². The van der Waals surface area contributed by atoms with Crippen molar-refractivity contribution in [2.24, 2.45) is 0 Å². The number of carboxylic acids is 1. The van der Waals surface area contributed by atoms with Crippen LogP contribution in [0.4, 0.5) is 0 Å². The van der Waals surface area contributed by atoms with E-state index in [-0.39, 0.29) is 18.4 Å². The van der Waals surface area contributed by atoms with E-state index in [4.69, 9.17) is 9.47 Å². The van der Waals surface area contributed by atoms with Crippen molar-refractivity contribution in [3.8, 4) is 11.5 Å². The van der Waals surface area contributed by atoms with Gasteiger partial charge in [0, 0.05) is 19.2 Å². The normalized spacial score (nSPS) is 16.6. The molecule has 1 atom stereocenters. The summed E-state index contributed by atoms with van der Waals surface area (Å²) in [6.45, 7) is 0.237. The van der Waals surface area contributed by atoms with Crippen LogP contribution in [-0.2, 0) is 9.59 Å². The van der Waals surface area contributed by atoms with Crippen LogP contribution in [0, 0.1) is 0 Å². The molecule has 130 valence electrons. The van der Waals surface area contributed by atoms with Crippen LogP contribution in [0.2, 0.25) is 0 Å². The highest BCUT2D eigenvalue weighted by atomic mass is 16.5. The Morgan fingerprint density at radius 3 is 2.71 bits per heavy atom. The first-order chi connectivity index (χ1) is 11.5. The zero-order chi connectivity index (χ0) is 17.7. The Morgan fingerprint density at radius 2 is 2.08 bits per heavy atom. The molecule has 0 radical (unpaired) electrons. The van der Waals surface area contributed by atoms with E-state index in [1.807, 2.05) is 0 Å². The van der Waals surface area contributed by atoms with Crippen LogP contribution < -0.4 is 14.8 Å². The number of aliphatic carboxylic acids is 1. The molecule has 1 saturated heterocycles. The highest BCUT2D eigenvalue weighted by Crippen LogP contribution is 2.29. The van der Waals surface area contributed by atoms with Gasteiger partial charge in [-0.25, -0.2) is 4.79 Å². The predicted octanol–water partition coefficient (Wildman–Crippen LogP) is 0.509. The molecule has 0 aromatic heterocycles. The van der Waals surface area contributed by atoms with Crippen LogP contribution in [0.3, 0.4) is 0 Å². The largest absolute Gasteiger partial charge is 0.493 e. The standard InChI is InChI=1S/C16H20N2O6/c1-17-14(19)9-24-12-6-5-10(8-13(12)23-2)15(20)18-7-3-4-11(18)16(21)22/h5-6,8,11H,3-4,7,9H2,1-2H3,(H,17,19)(H,21,22)/t11-/m0/s1. The third kappa shape index (κ3) is 3.76. The Kier molecular flexibility index (Phi) is 5.62. The van der Waals surface area contributed by atoms with Gasteiger partial charge in [-0.05, 0) is 31.0 Å². The van der Waals surface area contributed by atoms with Crippen LogP contribution >= 0.6 is 0 Å². The number of methoxy groups -OCH3 is 1. The second-order valence-electron chi connectivity index (χ2n) is 5.32. The van der Waals surface area contributed by atoms with Gasteiger partial charge in [0.1, 0.15) is 6.04 Å². The number of benzene rings is 1. The van der Waals surface area contributed by atoms with E-state index in [0.29, 0.717) is 36.4 Å². The monoisotopic (exact) mass is 336 g/mol.